The van der Waals surface area contributed by atoms with Crippen molar-refractivity contribution in [3.8, 4) is 0 Å². The Balaban J connectivity index is 2.30. The smallest absolute Gasteiger partial charge is 0.0376 e. The minimum absolute atomic E-state index is 0.578. The number of hydrogen-bond acceptors (Lipinski definition) is 1. The highest BCUT2D eigenvalue weighted by atomic mass is 35.5. The lowest BCUT2D eigenvalue weighted by Gasteiger charge is -2.25. The molecule has 0 aromatic carbocycles. The standard InChI is InChI=1S/C9H18ClN/c1-9(8-10)11-6-4-2-3-5-7-11/h9H,2-8H2,1H3. The van der Waals surface area contributed by atoms with Crippen molar-refractivity contribution in [2.75, 3.05) is 19.0 Å². The maximum absolute atomic E-state index is 5.80. The van der Waals surface area contributed by atoms with Gasteiger partial charge in [0, 0.05) is 11.9 Å². The summed E-state index contributed by atoms with van der Waals surface area (Å²) in [6, 6.07) is 0.578. The Morgan fingerprint density at radius 3 is 2.18 bits per heavy atom. The molecule has 0 aromatic heterocycles. The van der Waals surface area contributed by atoms with Gasteiger partial charge in [-0.3, -0.25) is 4.90 Å². The first-order chi connectivity index (χ1) is 5.34. The topological polar surface area (TPSA) is 3.24 Å². The fourth-order valence-corrected chi connectivity index (χ4v) is 1.83. The Labute approximate surface area is 74.7 Å². The average molecular weight is 176 g/mol. The molecular formula is C9H18ClN. The molecule has 0 saturated carbocycles. The van der Waals surface area contributed by atoms with Gasteiger partial charge in [-0.25, -0.2) is 0 Å². The summed E-state index contributed by atoms with van der Waals surface area (Å²) in [6.07, 6.45) is 5.54. The van der Waals surface area contributed by atoms with Crippen LogP contribution in [0.1, 0.15) is 32.6 Å². The summed E-state index contributed by atoms with van der Waals surface area (Å²) in [5, 5.41) is 0. The maximum Gasteiger partial charge on any atom is 0.0376 e. The van der Waals surface area contributed by atoms with E-state index in [1.807, 2.05) is 0 Å². The summed E-state index contributed by atoms with van der Waals surface area (Å²) in [6.45, 7) is 4.74. The van der Waals surface area contributed by atoms with Gasteiger partial charge in [0.2, 0.25) is 0 Å². The Morgan fingerprint density at radius 1 is 1.18 bits per heavy atom. The van der Waals surface area contributed by atoms with Gasteiger partial charge >= 0.3 is 0 Å². The van der Waals surface area contributed by atoms with Crippen LogP contribution in [-0.4, -0.2) is 29.9 Å². The number of hydrogen-bond donors (Lipinski definition) is 0. The van der Waals surface area contributed by atoms with Crippen LogP contribution >= 0.6 is 11.6 Å². The number of halogens is 1. The van der Waals surface area contributed by atoms with E-state index in [0.29, 0.717) is 6.04 Å². The second-order valence-electron chi connectivity index (χ2n) is 3.45. The molecule has 1 aliphatic rings. The van der Waals surface area contributed by atoms with Crippen molar-refractivity contribution in [3.05, 3.63) is 0 Å². The summed E-state index contributed by atoms with van der Waals surface area (Å²) < 4.78 is 0. The molecule has 0 radical (unpaired) electrons. The van der Waals surface area contributed by atoms with Crippen LogP contribution in [-0.2, 0) is 0 Å². The van der Waals surface area contributed by atoms with Gasteiger partial charge in [0.15, 0.2) is 0 Å². The van der Waals surface area contributed by atoms with Gasteiger partial charge in [-0.2, -0.15) is 0 Å². The maximum atomic E-state index is 5.80. The van der Waals surface area contributed by atoms with Gasteiger partial charge in [0.1, 0.15) is 0 Å². The molecule has 0 bridgehead atoms. The van der Waals surface area contributed by atoms with Gasteiger partial charge in [-0.15, -0.1) is 11.6 Å². The van der Waals surface area contributed by atoms with E-state index in [1.165, 1.54) is 38.8 Å². The number of rotatable bonds is 2. The molecule has 11 heavy (non-hydrogen) atoms. The minimum atomic E-state index is 0.578. The largest absolute Gasteiger partial charge is 0.299 e. The van der Waals surface area contributed by atoms with Crippen LogP contribution in [0.5, 0.6) is 0 Å². The second kappa shape index (κ2) is 5.00. The molecule has 1 unspecified atom stereocenters. The SMILES string of the molecule is CC(CCl)N1CCCCCC1. The number of likely N-dealkylation sites (tertiary alicyclic amines) is 1. The van der Waals surface area contributed by atoms with Crippen LogP contribution in [0, 0.1) is 0 Å². The summed E-state index contributed by atoms with van der Waals surface area (Å²) in [7, 11) is 0. The Hall–Kier alpha value is 0.250. The van der Waals surface area contributed by atoms with E-state index in [-0.39, 0.29) is 0 Å². The third-order valence-corrected chi connectivity index (χ3v) is 2.93. The molecule has 1 nitrogen and oxygen atoms in total. The fourth-order valence-electron chi connectivity index (χ4n) is 1.63. The molecule has 1 heterocycles. The third-order valence-electron chi connectivity index (χ3n) is 2.49. The van der Waals surface area contributed by atoms with Crippen LogP contribution in [0.3, 0.4) is 0 Å². The molecular weight excluding hydrogens is 158 g/mol. The molecule has 1 saturated heterocycles. The van der Waals surface area contributed by atoms with Crippen molar-refractivity contribution < 1.29 is 0 Å². The summed E-state index contributed by atoms with van der Waals surface area (Å²) in [4.78, 5) is 2.51. The van der Waals surface area contributed by atoms with Gasteiger partial charge in [-0.1, -0.05) is 12.8 Å². The van der Waals surface area contributed by atoms with E-state index >= 15 is 0 Å². The number of nitrogens with zero attached hydrogens (tertiary/aromatic N) is 1. The summed E-state index contributed by atoms with van der Waals surface area (Å²) in [5.74, 6) is 0.778. The Morgan fingerprint density at radius 2 is 1.73 bits per heavy atom. The van der Waals surface area contributed by atoms with Crippen molar-refractivity contribution in [2.24, 2.45) is 0 Å². The zero-order valence-electron chi connectivity index (χ0n) is 7.35. The van der Waals surface area contributed by atoms with Crippen LogP contribution < -0.4 is 0 Å². The summed E-state index contributed by atoms with van der Waals surface area (Å²) >= 11 is 5.80. The van der Waals surface area contributed by atoms with E-state index in [2.05, 4.69) is 11.8 Å². The van der Waals surface area contributed by atoms with Crippen LogP contribution in [0.25, 0.3) is 0 Å². The molecule has 0 aliphatic carbocycles. The van der Waals surface area contributed by atoms with Crippen LogP contribution in [0.4, 0.5) is 0 Å². The highest BCUT2D eigenvalue weighted by Crippen LogP contribution is 2.12. The molecule has 0 aromatic rings. The van der Waals surface area contributed by atoms with Crippen molar-refractivity contribution in [1.29, 1.82) is 0 Å². The zero-order valence-corrected chi connectivity index (χ0v) is 8.11. The first-order valence-electron chi connectivity index (χ1n) is 4.64. The Bertz CT molecular complexity index is 97.7. The van der Waals surface area contributed by atoms with E-state index < -0.39 is 0 Å². The fraction of sp³-hybridized carbons (Fsp3) is 1.00. The van der Waals surface area contributed by atoms with Crippen LogP contribution in [0.15, 0.2) is 0 Å². The molecule has 1 aliphatic heterocycles. The predicted octanol–water partition coefficient (Wildman–Crippen LogP) is 2.49. The monoisotopic (exact) mass is 175 g/mol. The first-order valence-corrected chi connectivity index (χ1v) is 5.18. The van der Waals surface area contributed by atoms with Crippen molar-refractivity contribution >= 4 is 11.6 Å². The van der Waals surface area contributed by atoms with E-state index in [0.717, 1.165) is 5.88 Å². The quantitative estimate of drug-likeness (QED) is 0.583. The predicted molar refractivity (Wildman–Crippen MR) is 50.2 cm³/mol. The van der Waals surface area contributed by atoms with E-state index in [4.69, 9.17) is 11.6 Å². The van der Waals surface area contributed by atoms with Crippen LogP contribution in [0.2, 0.25) is 0 Å². The highest BCUT2D eigenvalue weighted by molar-refractivity contribution is 6.18. The van der Waals surface area contributed by atoms with Gasteiger partial charge in [-0.05, 0) is 32.9 Å². The lowest BCUT2D eigenvalue weighted by Crippen LogP contribution is -2.34. The molecule has 0 N–H and O–H groups in total. The van der Waals surface area contributed by atoms with E-state index in [1.54, 1.807) is 0 Å². The first kappa shape index (κ1) is 9.34. The van der Waals surface area contributed by atoms with Gasteiger partial charge in [0.25, 0.3) is 0 Å². The molecule has 1 fully saturated rings. The molecule has 2 heteroatoms. The summed E-state index contributed by atoms with van der Waals surface area (Å²) in [5.41, 5.74) is 0. The second-order valence-corrected chi connectivity index (χ2v) is 3.76. The average Bonchev–Trinajstić information content (AvgIpc) is 2.30. The molecule has 0 amide bonds. The highest BCUT2D eigenvalue weighted by Gasteiger charge is 2.13. The third kappa shape index (κ3) is 3.00. The lowest BCUT2D eigenvalue weighted by atomic mass is 10.2. The number of alkyl halides is 1. The van der Waals surface area contributed by atoms with Crippen molar-refractivity contribution in [1.82, 2.24) is 4.90 Å². The normalized spacial score (nSPS) is 24.5. The Kier molecular flexibility index (Phi) is 4.24. The molecule has 1 atom stereocenters. The van der Waals surface area contributed by atoms with Crippen molar-refractivity contribution in [2.45, 2.75) is 38.6 Å². The lowest BCUT2D eigenvalue weighted by molar-refractivity contribution is 0.233. The van der Waals surface area contributed by atoms with Crippen molar-refractivity contribution in [3.63, 3.8) is 0 Å². The minimum Gasteiger partial charge on any atom is -0.299 e. The molecule has 66 valence electrons. The molecule has 1 rings (SSSR count). The molecule has 0 spiro atoms. The van der Waals surface area contributed by atoms with Gasteiger partial charge in [0.05, 0.1) is 0 Å². The zero-order chi connectivity index (χ0) is 8.10. The van der Waals surface area contributed by atoms with E-state index in [9.17, 15) is 0 Å². The van der Waals surface area contributed by atoms with Gasteiger partial charge < -0.3 is 0 Å².